The van der Waals surface area contributed by atoms with Crippen molar-refractivity contribution in [1.29, 1.82) is 0 Å². The van der Waals surface area contributed by atoms with Crippen LogP contribution in [0, 0.1) is 0 Å². The Morgan fingerprint density at radius 1 is 0.971 bits per heavy atom. The molecule has 7 heteroatoms. The van der Waals surface area contributed by atoms with E-state index in [-0.39, 0.29) is 17.9 Å². The van der Waals surface area contributed by atoms with Crippen LogP contribution in [0.1, 0.15) is 67.3 Å². The first-order chi connectivity index (χ1) is 17.1. The molecule has 1 aliphatic heterocycles. The lowest BCUT2D eigenvalue weighted by atomic mass is 9.96. The van der Waals surface area contributed by atoms with Crippen molar-refractivity contribution in [2.45, 2.75) is 70.5 Å². The van der Waals surface area contributed by atoms with Crippen LogP contribution >= 0.6 is 11.6 Å². The number of benzene rings is 2. The van der Waals surface area contributed by atoms with Crippen molar-refractivity contribution in [1.82, 2.24) is 15.1 Å². The molecule has 1 saturated carbocycles. The van der Waals surface area contributed by atoms with Crippen LogP contribution in [0.3, 0.4) is 0 Å². The van der Waals surface area contributed by atoms with Crippen molar-refractivity contribution in [3.63, 3.8) is 0 Å². The van der Waals surface area contributed by atoms with E-state index in [0.717, 1.165) is 35.5 Å². The van der Waals surface area contributed by atoms with Crippen LogP contribution in [-0.4, -0.2) is 27.6 Å². The quantitative estimate of drug-likeness (QED) is 0.478. The van der Waals surface area contributed by atoms with Gasteiger partial charge in [-0.05, 0) is 42.7 Å². The van der Waals surface area contributed by atoms with Crippen molar-refractivity contribution in [3.8, 4) is 11.3 Å². The first-order valence-electron chi connectivity index (χ1n) is 12.6. The van der Waals surface area contributed by atoms with Crippen LogP contribution < -0.4 is 10.2 Å². The summed E-state index contributed by atoms with van der Waals surface area (Å²) in [5.74, 6) is 0.852. The number of anilines is 1. The third kappa shape index (κ3) is 5.59. The molecule has 2 aromatic carbocycles. The molecule has 2 heterocycles. The molecule has 6 nitrogen and oxygen atoms in total. The molecule has 0 atom stereocenters. The van der Waals surface area contributed by atoms with Gasteiger partial charge in [-0.2, -0.15) is 5.10 Å². The molecule has 0 unspecified atom stereocenters. The number of hydrogen-bond acceptors (Lipinski definition) is 3. The molecule has 1 fully saturated rings. The van der Waals surface area contributed by atoms with Crippen LogP contribution in [0.25, 0.3) is 11.3 Å². The van der Waals surface area contributed by atoms with Gasteiger partial charge in [-0.25, -0.2) is 4.68 Å². The lowest BCUT2D eigenvalue weighted by molar-refractivity contribution is -0.119. The van der Waals surface area contributed by atoms with E-state index in [0.29, 0.717) is 30.1 Å². The third-order valence-electron chi connectivity index (χ3n) is 7.01. The van der Waals surface area contributed by atoms with Gasteiger partial charge in [0.15, 0.2) is 0 Å². The van der Waals surface area contributed by atoms with Crippen molar-refractivity contribution in [2.75, 3.05) is 4.90 Å². The highest BCUT2D eigenvalue weighted by atomic mass is 35.5. The molecule has 1 N–H and O–H groups in total. The first kappa shape index (κ1) is 23.6. The maximum atomic E-state index is 12.8. The highest BCUT2D eigenvalue weighted by molar-refractivity contribution is 6.30. The zero-order valence-corrected chi connectivity index (χ0v) is 20.6. The Labute approximate surface area is 211 Å². The zero-order valence-electron chi connectivity index (χ0n) is 19.9. The molecule has 1 aliphatic carbocycles. The smallest absolute Gasteiger partial charge is 0.251 e. The van der Waals surface area contributed by atoms with Crippen molar-refractivity contribution in [3.05, 3.63) is 70.7 Å². The Morgan fingerprint density at radius 3 is 2.37 bits per heavy atom. The molecular weight excluding hydrogens is 460 g/mol. The second-order valence-corrected chi connectivity index (χ2v) is 10.00. The molecule has 0 bridgehead atoms. The fourth-order valence-corrected chi connectivity index (χ4v) is 5.12. The molecule has 0 radical (unpaired) electrons. The summed E-state index contributed by atoms with van der Waals surface area (Å²) < 4.78 is 1.89. The predicted molar refractivity (Wildman–Crippen MR) is 138 cm³/mol. The lowest BCUT2D eigenvalue weighted by Crippen LogP contribution is -2.37. The Balaban J connectivity index is 1.27. The summed E-state index contributed by atoms with van der Waals surface area (Å²) in [6.07, 6.45) is 8.74. The van der Waals surface area contributed by atoms with Crippen molar-refractivity contribution in [2.24, 2.45) is 0 Å². The summed E-state index contributed by atoms with van der Waals surface area (Å²) in [6, 6.07) is 17.4. The molecule has 2 aliphatic rings. The van der Waals surface area contributed by atoms with Gasteiger partial charge in [-0.3, -0.25) is 14.5 Å². The van der Waals surface area contributed by atoms with Crippen LogP contribution in [-0.2, 0) is 17.9 Å². The van der Waals surface area contributed by atoms with Crippen LogP contribution in [0.5, 0.6) is 0 Å². The summed E-state index contributed by atoms with van der Waals surface area (Å²) in [5.41, 5.74) is 3.42. The second kappa shape index (κ2) is 10.6. The van der Waals surface area contributed by atoms with Crippen molar-refractivity contribution >= 4 is 29.2 Å². The minimum atomic E-state index is -0.0122. The van der Waals surface area contributed by atoms with Crippen LogP contribution in [0.15, 0.2) is 54.6 Å². The average molecular weight is 491 g/mol. The summed E-state index contributed by atoms with van der Waals surface area (Å²) in [5, 5.41) is 8.61. The second-order valence-electron chi connectivity index (χ2n) is 9.56. The number of aromatic nitrogens is 2. The summed E-state index contributed by atoms with van der Waals surface area (Å²) >= 11 is 6.02. The monoisotopic (exact) mass is 490 g/mol. The van der Waals surface area contributed by atoms with E-state index in [4.69, 9.17) is 16.7 Å². The van der Waals surface area contributed by atoms with E-state index in [1.165, 1.54) is 32.1 Å². The maximum Gasteiger partial charge on any atom is 0.251 e. The summed E-state index contributed by atoms with van der Waals surface area (Å²) in [6.45, 7) is 1.01. The Hall–Kier alpha value is -3.12. The van der Waals surface area contributed by atoms with Crippen molar-refractivity contribution < 1.29 is 9.59 Å². The lowest BCUT2D eigenvalue weighted by Gasteiger charge is -2.27. The van der Waals surface area contributed by atoms with E-state index in [1.54, 1.807) is 4.90 Å². The number of halogens is 1. The van der Waals surface area contributed by atoms with Gasteiger partial charge in [0.05, 0.1) is 18.8 Å². The number of aryl methyl sites for hydroxylation is 1. The van der Waals surface area contributed by atoms with Gasteiger partial charge in [0, 0.05) is 34.7 Å². The standard InChI is InChI=1S/C28H31ClN4O2/c29-23-14-12-21(13-15-23)25-18-26-32(27(34)16-17-33(26)31-25)19-20-8-10-22(11-9-20)28(35)30-24-6-4-2-1-3-5-7-24/h8-15,18,24H,1-7,16-17,19H2,(H,30,35). The zero-order chi connectivity index (χ0) is 24.2. The average Bonchev–Trinajstić information content (AvgIpc) is 3.28. The Bertz CT molecular complexity index is 1180. The largest absolute Gasteiger partial charge is 0.349 e. The third-order valence-corrected chi connectivity index (χ3v) is 7.26. The number of hydrogen-bond donors (Lipinski definition) is 1. The number of fused-ring (bicyclic) bond motifs is 1. The molecule has 1 aromatic heterocycles. The van der Waals surface area contributed by atoms with E-state index >= 15 is 0 Å². The number of carbonyl (C=O) groups is 2. The van der Waals surface area contributed by atoms with Gasteiger partial charge in [-0.1, -0.05) is 68.0 Å². The molecule has 0 saturated heterocycles. The highest BCUT2D eigenvalue weighted by Gasteiger charge is 2.26. The predicted octanol–water partition coefficient (Wildman–Crippen LogP) is 5.98. The van der Waals surface area contributed by atoms with Gasteiger partial charge < -0.3 is 5.32 Å². The fraction of sp³-hybridized carbons (Fsp3) is 0.393. The van der Waals surface area contributed by atoms with Gasteiger partial charge in [-0.15, -0.1) is 0 Å². The van der Waals surface area contributed by atoms with E-state index in [1.807, 2.05) is 59.3 Å². The molecule has 5 rings (SSSR count). The minimum absolute atomic E-state index is 0.0122. The van der Waals surface area contributed by atoms with Crippen LogP contribution in [0.2, 0.25) is 5.02 Å². The molecule has 0 spiro atoms. The normalized spacial score (nSPS) is 16.9. The SMILES string of the molecule is O=C(NC1CCCCCCC1)c1ccc(CN2C(=O)CCn3nc(-c4ccc(Cl)cc4)cc32)cc1. The number of nitrogens with zero attached hydrogens (tertiary/aromatic N) is 3. The molecule has 35 heavy (non-hydrogen) atoms. The van der Waals surface area contributed by atoms with Gasteiger partial charge in [0.25, 0.3) is 5.91 Å². The van der Waals surface area contributed by atoms with Crippen LogP contribution in [0.4, 0.5) is 5.82 Å². The number of nitrogens with one attached hydrogen (secondary N) is 1. The number of carbonyl (C=O) groups excluding carboxylic acids is 2. The summed E-state index contributed by atoms with van der Waals surface area (Å²) in [4.78, 5) is 27.4. The topological polar surface area (TPSA) is 67.2 Å². The Kier molecular flexibility index (Phi) is 7.19. The van der Waals surface area contributed by atoms with Gasteiger partial charge >= 0.3 is 0 Å². The summed E-state index contributed by atoms with van der Waals surface area (Å²) in [7, 11) is 0. The first-order valence-corrected chi connectivity index (χ1v) is 13.0. The van der Waals surface area contributed by atoms with Gasteiger partial charge in [0.2, 0.25) is 5.91 Å². The fourth-order valence-electron chi connectivity index (χ4n) is 5.00. The molecule has 182 valence electrons. The van der Waals surface area contributed by atoms with E-state index in [9.17, 15) is 9.59 Å². The molecule has 2 amide bonds. The van der Waals surface area contributed by atoms with E-state index < -0.39 is 0 Å². The highest BCUT2D eigenvalue weighted by Crippen LogP contribution is 2.30. The van der Waals surface area contributed by atoms with E-state index in [2.05, 4.69) is 5.32 Å². The Morgan fingerprint density at radius 2 is 1.66 bits per heavy atom. The van der Waals surface area contributed by atoms with Gasteiger partial charge in [0.1, 0.15) is 5.82 Å². The number of rotatable bonds is 5. The maximum absolute atomic E-state index is 12.8. The number of amides is 2. The minimum Gasteiger partial charge on any atom is -0.349 e. The molecule has 3 aromatic rings. The molecular formula is C28H31ClN4O2.